The van der Waals surface area contributed by atoms with Crippen molar-refractivity contribution < 1.29 is 74.0 Å². The van der Waals surface area contributed by atoms with Crippen LogP contribution >= 0.6 is 62.1 Å². The molecular weight excluding hydrogens is 749 g/mol. The first kappa shape index (κ1) is 35.0. The summed E-state index contributed by atoms with van der Waals surface area (Å²) < 4.78 is 1.03. The number of phenolic OH excluding ortho intramolecular Hbond substituents is 1. The maximum absolute atomic E-state index is 13.2. The number of aromatic nitrogens is 1. The average molecular weight is 767 g/mol. The van der Waals surface area contributed by atoms with Gasteiger partial charge in [-0.2, -0.15) is 0 Å². The van der Waals surface area contributed by atoms with E-state index in [1.165, 1.54) is 23.2 Å². The zero-order chi connectivity index (χ0) is 31.9. The third kappa shape index (κ3) is 7.12. The van der Waals surface area contributed by atoms with E-state index in [1.54, 1.807) is 0 Å². The minimum atomic E-state index is -1.36. The van der Waals surface area contributed by atoms with Gasteiger partial charge in [-0.15, -0.1) is 46.2 Å². The van der Waals surface area contributed by atoms with Crippen molar-refractivity contribution >= 4 is 107 Å². The maximum atomic E-state index is 13.2. The molecule has 0 spiro atoms. The number of carbonyl (C=O) groups excluding carboxylic acids is 2. The van der Waals surface area contributed by atoms with Gasteiger partial charge in [0.25, 0.3) is 11.8 Å². The summed E-state index contributed by atoms with van der Waals surface area (Å²) in [7, 11) is 0. The number of fused-ring (bicyclic) bond motifs is 2. The fraction of sp³-hybridized carbons (Fsp3) is 0.208. The van der Waals surface area contributed by atoms with Gasteiger partial charge in [-0.1, -0.05) is 17.0 Å². The van der Waals surface area contributed by atoms with Crippen molar-refractivity contribution in [2.24, 2.45) is 5.16 Å². The van der Waals surface area contributed by atoms with Crippen LogP contribution in [-0.4, -0.2) is 84.2 Å². The Labute approximate surface area is 298 Å². The van der Waals surface area contributed by atoms with E-state index < -0.39 is 64.4 Å². The van der Waals surface area contributed by atoms with E-state index in [9.17, 15) is 39.3 Å². The van der Waals surface area contributed by atoms with Crippen LogP contribution in [0.1, 0.15) is 5.69 Å². The van der Waals surface area contributed by atoms with Gasteiger partial charge < -0.3 is 36.3 Å². The first-order valence-corrected chi connectivity index (χ1v) is 16.5. The standard InChI is InChI=1S/C24H18BrN5O10S4.Na/c25-14-18(35)8-1-10(31)11(32)2-12(8)44-23(14)42-5-7-4-41-21-16(20(37)30(21)17(7)22(38)39)28-19(36)15(29-40-3-13(33)34)9-6-43-24(26)27-9;/h1-2,6,16,21,31-32H,3-5H2,(H2,26,27)(H,28,36)(H,33,34)(H,38,39);/q;+1/p-1/b29-15+;/t16-,21-;/m1./s1. The van der Waals surface area contributed by atoms with E-state index >= 15 is 0 Å². The number of nitrogens with one attached hydrogen (secondary N) is 1. The normalized spacial score (nSPS) is 17.8. The van der Waals surface area contributed by atoms with Crippen molar-refractivity contribution in [3.05, 3.63) is 49.2 Å². The Morgan fingerprint density at radius 2 is 2.02 bits per heavy atom. The molecule has 15 nitrogen and oxygen atoms in total. The van der Waals surface area contributed by atoms with Gasteiger partial charge in [0.2, 0.25) is 12.0 Å². The van der Waals surface area contributed by atoms with E-state index in [4.69, 9.17) is 15.7 Å². The van der Waals surface area contributed by atoms with Crippen LogP contribution in [0.4, 0.5) is 5.13 Å². The summed E-state index contributed by atoms with van der Waals surface area (Å²) in [6.45, 7) is -0.839. The van der Waals surface area contributed by atoms with E-state index in [1.807, 2.05) is 0 Å². The zero-order valence-electron chi connectivity index (χ0n) is 22.6. The SMILES string of the molecule is Nc1nc(/C(=N\OCC(=O)O)C(=O)N[C@@H]2C(=O)N3C(C(=O)O)=C(CSc4sc5cc(O)c([O-])cc5c(=O)c4Br)CS[C@H]23)cs1.[Na+]. The molecule has 0 radical (unpaired) electrons. The number of thiazole rings is 1. The summed E-state index contributed by atoms with van der Waals surface area (Å²) in [5.41, 5.74) is 4.89. The van der Waals surface area contributed by atoms with Crippen molar-refractivity contribution in [1.29, 1.82) is 0 Å². The molecule has 0 bridgehead atoms. The van der Waals surface area contributed by atoms with Crippen molar-refractivity contribution in [1.82, 2.24) is 15.2 Å². The first-order chi connectivity index (χ1) is 20.9. The summed E-state index contributed by atoms with van der Waals surface area (Å²) in [5, 5.41) is 47.3. The van der Waals surface area contributed by atoms with Crippen LogP contribution in [-0.2, 0) is 24.0 Å². The Hall–Kier alpha value is -2.85. The average Bonchev–Trinajstić information content (AvgIpc) is 3.41. The number of thioether (sulfide) groups is 2. The van der Waals surface area contributed by atoms with E-state index in [2.05, 4.69) is 31.4 Å². The van der Waals surface area contributed by atoms with Crippen molar-refractivity contribution in [2.45, 2.75) is 15.6 Å². The molecule has 0 aliphatic carbocycles. The number of nitrogens with two attached hydrogens (primary N) is 1. The monoisotopic (exact) mass is 765 g/mol. The topological polar surface area (TPSA) is 245 Å². The number of aromatic hydroxyl groups is 1. The Kier molecular flexibility index (Phi) is 11.1. The molecule has 1 saturated heterocycles. The molecule has 4 heterocycles. The minimum Gasteiger partial charge on any atom is -0.870 e. The molecule has 2 aliphatic heterocycles. The minimum absolute atomic E-state index is 0. The molecule has 2 atom stereocenters. The molecular formula is C24H17BrN5NaO10S4. The molecule has 1 fully saturated rings. The van der Waals surface area contributed by atoms with Gasteiger partial charge in [0.1, 0.15) is 28.6 Å². The molecule has 230 valence electrons. The zero-order valence-corrected chi connectivity index (χ0v) is 29.5. The molecule has 5 rings (SSSR count). The van der Waals surface area contributed by atoms with Crippen LogP contribution in [0.2, 0.25) is 0 Å². The van der Waals surface area contributed by atoms with Gasteiger partial charge in [0.15, 0.2) is 10.8 Å². The molecule has 2 amide bonds. The summed E-state index contributed by atoms with van der Waals surface area (Å²) in [5.74, 6) is -5.21. The number of oxime groups is 1. The number of carboxylic acid groups (broad SMARTS) is 2. The maximum Gasteiger partial charge on any atom is 1.00 e. The van der Waals surface area contributed by atoms with E-state index in [0.717, 1.165) is 45.4 Å². The smallest absolute Gasteiger partial charge is 0.870 e. The predicted octanol–water partition coefficient (Wildman–Crippen LogP) is -1.82. The van der Waals surface area contributed by atoms with Crippen LogP contribution in [0.15, 0.2) is 47.4 Å². The van der Waals surface area contributed by atoms with Gasteiger partial charge in [-0.3, -0.25) is 19.3 Å². The van der Waals surface area contributed by atoms with E-state index in [-0.39, 0.29) is 67.4 Å². The summed E-state index contributed by atoms with van der Waals surface area (Å²) in [6.07, 6.45) is 0. The van der Waals surface area contributed by atoms with Gasteiger partial charge in [-0.05, 0) is 27.6 Å². The second-order valence-electron chi connectivity index (χ2n) is 8.93. The number of phenols is 1. The number of carboxylic acids is 2. The molecule has 45 heavy (non-hydrogen) atoms. The molecule has 2 aromatic heterocycles. The van der Waals surface area contributed by atoms with Gasteiger partial charge in [-0.25, -0.2) is 14.6 Å². The molecule has 0 unspecified atom stereocenters. The number of β-lactam (4-membered cyclic amide) rings is 1. The Balaban J connectivity index is 0.00000461. The molecule has 21 heteroatoms. The summed E-state index contributed by atoms with van der Waals surface area (Å²) in [4.78, 5) is 71.9. The second-order valence-corrected chi connectivity index (χ2v) is 14.0. The van der Waals surface area contributed by atoms with Crippen LogP contribution in [0.3, 0.4) is 0 Å². The van der Waals surface area contributed by atoms with Crippen molar-refractivity contribution in [3.63, 3.8) is 0 Å². The van der Waals surface area contributed by atoms with Crippen molar-refractivity contribution in [3.8, 4) is 11.5 Å². The van der Waals surface area contributed by atoms with Crippen LogP contribution in [0.5, 0.6) is 11.5 Å². The molecule has 2 aliphatic rings. The number of carbonyl (C=O) groups is 4. The fourth-order valence-corrected chi connectivity index (χ4v) is 9.25. The van der Waals surface area contributed by atoms with Gasteiger partial charge in [0, 0.05) is 27.0 Å². The van der Waals surface area contributed by atoms with Gasteiger partial charge in [0.05, 0.1) is 8.68 Å². The number of hydrogen-bond acceptors (Lipinski definition) is 15. The molecule has 3 aromatic rings. The van der Waals surface area contributed by atoms with Gasteiger partial charge >= 0.3 is 41.5 Å². The number of hydrogen-bond donors (Lipinski definition) is 5. The van der Waals surface area contributed by atoms with Crippen molar-refractivity contribution in [2.75, 3.05) is 23.8 Å². The number of anilines is 1. The first-order valence-electron chi connectivity index (χ1n) is 12.0. The largest absolute Gasteiger partial charge is 1.00 e. The Morgan fingerprint density at radius 3 is 2.67 bits per heavy atom. The Morgan fingerprint density at radius 1 is 1.29 bits per heavy atom. The third-order valence-corrected chi connectivity index (χ3v) is 11.9. The number of benzene rings is 1. The van der Waals surface area contributed by atoms with Crippen LogP contribution in [0, 0.1) is 0 Å². The number of rotatable bonds is 10. The molecule has 6 N–H and O–H groups in total. The quantitative estimate of drug-likeness (QED) is 0.0502. The molecule has 0 saturated carbocycles. The van der Waals surface area contributed by atoms with Crippen LogP contribution < -0.4 is 51.1 Å². The van der Waals surface area contributed by atoms with E-state index in [0.29, 0.717) is 14.5 Å². The van der Waals surface area contributed by atoms with Crippen LogP contribution in [0.25, 0.3) is 10.1 Å². The number of aliphatic carboxylic acids is 2. The molecule has 1 aromatic carbocycles. The summed E-state index contributed by atoms with van der Waals surface area (Å²) in [6, 6.07) is 1.13. The predicted molar refractivity (Wildman–Crippen MR) is 164 cm³/mol. The third-order valence-electron chi connectivity index (χ3n) is 6.12. The second kappa shape index (κ2) is 14.3. The number of amides is 2. The number of nitrogens with zero attached hydrogens (tertiary/aromatic N) is 3. The Bertz CT molecular complexity index is 1870. The summed E-state index contributed by atoms with van der Waals surface area (Å²) >= 11 is 7.74. The number of nitrogen functional groups attached to an aromatic ring is 1. The fourth-order valence-electron chi connectivity index (χ4n) is 4.17. The number of halogens is 1.